The van der Waals surface area contributed by atoms with Crippen molar-refractivity contribution in [2.75, 3.05) is 40.9 Å². The number of phosphoric acid groups is 1. The number of phosphoric ester groups is 1. The van der Waals surface area contributed by atoms with Crippen molar-refractivity contribution >= 4 is 13.7 Å². The third-order valence-corrected chi connectivity index (χ3v) is 14.1. The molecule has 0 spiro atoms. The van der Waals surface area contributed by atoms with Gasteiger partial charge in [-0.2, -0.15) is 0 Å². The van der Waals surface area contributed by atoms with E-state index in [0.717, 1.165) is 44.9 Å². The zero-order valence-electron chi connectivity index (χ0n) is 45.2. The average molecular weight is 967 g/mol. The zero-order chi connectivity index (χ0) is 49.2. The third-order valence-electron chi connectivity index (χ3n) is 13.1. The minimum atomic E-state index is -4.36. The number of nitrogens with zero attached hydrogens (tertiary/aromatic N) is 1. The Morgan fingerprint density at radius 2 is 0.821 bits per heavy atom. The van der Waals surface area contributed by atoms with Gasteiger partial charge in [0.25, 0.3) is 0 Å². The highest BCUT2D eigenvalue weighted by atomic mass is 31.2. The first-order chi connectivity index (χ1) is 32.5. The number of allylic oxidation sites excluding steroid dienone is 5. The molecule has 3 N–H and O–H groups in total. The number of carbonyl (C=O) groups excluding carboxylic acids is 1. The maximum Gasteiger partial charge on any atom is 0.472 e. The molecule has 3 unspecified atom stereocenters. The Labute approximate surface area is 417 Å². The Bertz CT molecular complexity index is 1190. The maximum absolute atomic E-state index is 13.0. The maximum atomic E-state index is 13.0. The predicted octanol–water partition coefficient (Wildman–Crippen LogP) is 17.4. The van der Waals surface area contributed by atoms with Crippen molar-refractivity contribution < 1.29 is 32.9 Å². The van der Waals surface area contributed by atoms with Gasteiger partial charge in [-0.1, -0.05) is 262 Å². The average Bonchev–Trinajstić information content (AvgIpc) is 3.29. The Hall–Kier alpha value is -1.28. The molecule has 0 aliphatic heterocycles. The summed E-state index contributed by atoms with van der Waals surface area (Å²) in [6.07, 6.45) is 63.9. The number of quaternary nitrogens is 1. The van der Waals surface area contributed by atoms with Crippen molar-refractivity contribution in [1.29, 1.82) is 0 Å². The Morgan fingerprint density at radius 1 is 0.493 bits per heavy atom. The molecule has 0 heterocycles. The minimum absolute atomic E-state index is 0.0551. The van der Waals surface area contributed by atoms with Gasteiger partial charge in [0.15, 0.2) is 0 Å². The molecule has 0 aromatic carbocycles. The second-order valence-corrected chi connectivity index (χ2v) is 22.5. The topological polar surface area (TPSA) is 105 Å². The predicted molar refractivity (Wildman–Crippen MR) is 291 cm³/mol. The van der Waals surface area contributed by atoms with Crippen molar-refractivity contribution in [3.05, 3.63) is 36.5 Å². The summed E-state index contributed by atoms with van der Waals surface area (Å²) in [5, 5.41) is 13.9. The molecule has 9 heteroatoms. The lowest BCUT2D eigenvalue weighted by atomic mass is 10.0. The minimum Gasteiger partial charge on any atom is -0.387 e. The number of hydrogen-bond donors (Lipinski definition) is 3. The van der Waals surface area contributed by atoms with Gasteiger partial charge < -0.3 is 19.8 Å². The van der Waals surface area contributed by atoms with Crippen LogP contribution in [0.25, 0.3) is 0 Å². The van der Waals surface area contributed by atoms with E-state index in [9.17, 15) is 19.4 Å². The molecule has 1 amide bonds. The van der Waals surface area contributed by atoms with E-state index in [4.69, 9.17) is 9.05 Å². The highest BCUT2D eigenvalue weighted by Crippen LogP contribution is 2.43. The van der Waals surface area contributed by atoms with Gasteiger partial charge in [0.2, 0.25) is 5.91 Å². The van der Waals surface area contributed by atoms with Gasteiger partial charge in [0.1, 0.15) is 13.2 Å². The van der Waals surface area contributed by atoms with Gasteiger partial charge in [-0.05, 0) is 44.9 Å². The van der Waals surface area contributed by atoms with E-state index in [2.05, 4.69) is 43.5 Å². The molecular weight excluding hydrogens is 852 g/mol. The van der Waals surface area contributed by atoms with Gasteiger partial charge in [-0.25, -0.2) is 4.57 Å². The van der Waals surface area contributed by atoms with Crippen LogP contribution in [0.5, 0.6) is 0 Å². The number of amides is 1. The SMILES string of the molecule is CCCCCCCCCCCCC/C=C/CC/C=C/CC/C=C/C(O)C(COP(=O)(O)OCC[N+](C)(C)C)NC(=O)CCCCCCCCCCCCCCCCCCCCCCCCCC. The van der Waals surface area contributed by atoms with E-state index in [-0.39, 0.29) is 19.1 Å². The van der Waals surface area contributed by atoms with Crippen LogP contribution in [0, 0.1) is 0 Å². The lowest BCUT2D eigenvalue weighted by molar-refractivity contribution is -0.870. The summed E-state index contributed by atoms with van der Waals surface area (Å²) in [4.78, 5) is 23.3. The fourth-order valence-electron chi connectivity index (χ4n) is 8.55. The second kappa shape index (κ2) is 49.7. The van der Waals surface area contributed by atoms with Crippen LogP contribution in [-0.4, -0.2) is 73.4 Å². The molecule has 0 saturated heterocycles. The van der Waals surface area contributed by atoms with E-state index in [1.165, 1.54) is 212 Å². The number of aliphatic hydroxyl groups excluding tert-OH is 1. The monoisotopic (exact) mass is 966 g/mol. The van der Waals surface area contributed by atoms with E-state index in [1.54, 1.807) is 6.08 Å². The number of aliphatic hydroxyl groups is 1. The fraction of sp³-hybridized carbons (Fsp3) is 0.879. The molecule has 0 aromatic rings. The number of rotatable bonds is 53. The molecule has 0 saturated carbocycles. The standard InChI is InChI=1S/C58H113N2O6P/c1-6-8-10-12-14-16-18-20-22-24-26-28-29-30-32-34-36-38-40-42-44-46-48-50-52-58(62)59-56(55-66-67(63,64)65-54-53-60(3,4)5)57(61)51-49-47-45-43-41-39-37-35-33-31-27-25-23-21-19-17-15-13-11-9-7-2/h33,35,41,43,49,51,56-57,61H,6-32,34,36-40,42,44-48,50,52-55H2,1-5H3,(H-,59,62,63,64)/p+1/b35-33+,43-41+,51-49+. The van der Waals surface area contributed by atoms with Gasteiger partial charge in [-0.3, -0.25) is 13.8 Å². The van der Waals surface area contributed by atoms with Crippen LogP contribution in [0.2, 0.25) is 0 Å². The number of likely N-dealkylation sites (N-methyl/N-ethyl adjacent to an activating group) is 1. The molecule has 0 aromatic heterocycles. The number of hydrogen-bond acceptors (Lipinski definition) is 5. The normalized spacial score (nSPS) is 14.2. The third kappa shape index (κ3) is 52.4. The van der Waals surface area contributed by atoms with Crippen molar-refractivity contribution in [2.24, 2.45) is 0 Å². The molecule has 0 bridgehead atoms. The van der Waals surface area contributed by atoms with Gasteiger partial charge in [-0.15, -0.1) is 0 Å². The van der Waals surface area contributed by atoms with Crippen LogP contribution in [0.4, 0.5) is 0 Å². The molecule has 0 radical (unpaired) electrons. The molecular formula is C58H114N2O6P+. The van der Waals surface area contributed by atoms with Crippen LogP contribution in [0.3, 0.4) is 0 Å². The van der Waals surface area contributed by atoms with E-state index >= 15 is 0 Å². The fourth-order valence-corrected chi connectivity index (χ4v) is 9.28. The Kier molecular flexibility index (Phi) is 48.7. The smallest absolute Gasteiger partial charge is 0.387 e. The van der Waals surface area contributed by atoms with Crippen molar-refractivity contribution in [3.63, 3.8) is 0 Å². The largest absolute Gasteiger partial charge is 0.472 e. The zero-order valence-corrected chi connectivity index (χ0v) is 46.0. The van der Waals surface area contributed by atoms with Crippen molar-refractivity contribution in [1.82, 2.24) is 5.32 Å². The van der Waals surface area contributed by atoms with Crippen LogP contribution in [0.15, 0.2) is 36.5 Å². The highest BCUT2D eigenvalue weighted by molar-refractivity contribution is 7.47. The first-order valence-electron chi connectivity index (χ1n) is 28.9. The van der Waals surface area contributed by atoms with Crippen LogP contribution in [-0.2, 0) is 18.4 Å². The van der Waals surface area contributed by atoms with Gasteiger partial charge in [0.05, 0.1) is 39.9 Å². The summed E-state index contributed by atoms with van der Waals surface area (Å²) in [6, 6.07) is -0.868. The summed E-state index contributed by atoms with van der Waals surface area (Å²) >= 11 is 0. The summed E-state index contributed by atoms with van der Waals surface area (Å²) in [7, 11) is 1.56. The highest BCUT2D eigenvalue weighted by Gasteiger charge is 2.27. The van der Waals surface area contributed by atoms with Gasteiger partial charge >= 0.3 is 7.82 Å². The first kappa shape index (κ1) is 65.7. The first-order valence-corrected chi connectivity index (χ1v) is 30.4. The number of nitrogens with one attached hydrogen (secondary N) is 1. The Balaban J connectivity index is 4.25. The number of unbranched alkanes of at least 4 members (excludes halogenated alkanes) is 36. The molecule has 0 aliphatic rings. The number of carbonyl (C=O) groups is 1. The van der Waals surface area contributed by atoms with Crippen LogP contribution >= 0.6 is 7.82 Å². The second-order valence-electron chi connectivity index (χ2n) is 21.0. The van der Waals surface area contributed by atoms with Crippen LogP contribution < -0.4 is 5.32 Å². The molecule has 0 rings (SSSR count). The van der Waals surface area contributed by atoms with Crippen molar-refractivity contribution in [3.8, 4) is 0 Å². The molecule has 0 fully saturated rings. The Morgan fingerprint density at radius 3 is 1.19 bits per heavy atom. The molecule has 3 atom stereocenters. The lowest BCUT2D eigenvalue weighted by Crippen LogP contribution is -2.45. The van der Waals surface area contributed by atoms with Crippen molar-refractivity contribution in [2.45, 2.75) is 289 Å². The summed E-state index contributed by atoms with van der Waals surface area (Å²) in [5.74, 6) is -0.186. The summed E-state index contributed by atoms with van der Waals surface area (Å²) in [5.41, 5.74) is 0. The van der Waals surface area contributed by atoms with E-state index in [1.807, 2.05) is 27.2 Å². The molecule has 8 nitrogen and oxygen atoms in total. The molecule has 396 valence electrons. The summed E-state index contributed by atoms with van der Waals surface area (Å²) in [6.45, 7) is 4.82. The van der Waals surface area contributed by atoms with Gasteiger partial charge in [0, 0.05) is 6.42 Å². The molecule has 67 heavy (non-hydrogen) atoms. The summed E-state index contributed by atoms with van der Waals surface area (Å²) < 4.78 is 23.7. The van der Waals surface area contributed by atoms with Crippen LogP contribution in [0.1, 0.15) is 277 Å². The van der Waals surface area contributed by atoms with E-state index in [0.29, 0.717) is 17.4 Å². The molecule has 0 aliphatic carbocycles. The lowest BCUT2D eigenvalue weighted by Gasteiger charge is -2.25. The van der Waals surface area contributed by atoms with E-state index < -0.39 is 20.0 Å². The quantitative estimate of drug-likeness (QED) is 0.0243.